The van der Waals surface area contributed by atoms with E-state index in [1.807, 2.05) is 0 Å². The Kier molecular flexibility index (Phi) is 5.07. The molecule has 136 valence electrons. The quantitative estimate of drug-likeness (QED) is 0.872. The Morgan fingerprint density at radius 1 is 1.15 bits per heavy atom. The third-order valence-corrected chi connectivity index (χ3v) is 5.53. The van der Waals surface area contributed by atoms with Crippen LogP contribution in [0.4, 0.5) is 0 Å². The number of H-pyrrole nitrogens is 1. The van der Waals surface area contributed by atoms with Gasteiger partial charge in [-0.1, -0.05) is 23.2 Å². The lowest BCUT2D eigenvalue weighted by Gasteiger charge is -2.28. The predicted molar refractivity (Wildman–Crippen MR) is 102 cm³/mol. The van der Waals surface area contributed by atoms with Gasteiger partial charge in [-0.05, 0) is 19.3 Å². The second-order valence-electron chi connectivity index (χ2n) is 6.67. The zero-order chi connectivity index (χ0) is 18.1. The molecule has 4 heterocycles. The number of nitrogens with zero attached hydrogens (tertiary/aromatic N) is 4. The molecule has 6 nitrogen and oxygen atoms in total. The number of fused-ring (bicyclic) bond motifs is 1. The molecule has 0 atom stereocenters. The Labute approximate surface area is 161 Å². The Bertz CT molecular complexity index is 904. The highest BCUT2D eigenvalue weighted by Crippen LogP contribution is 2.26. The van der Waals surface area contributed by atoms with Gasteiger partial charge in [0.25, 0.3) is 5.56 Å². The number of pyridine rings is 1. The third kappa shape index (κ3) is 3.54. The topological polar surface area (TPSA) is 74.2 Å². The van der Waals surface area contributed by atoms with E-state index >= 15 is 0 Å². The highest BCUT2D eigenvalue weighted by molar-refractivity contribution is 6.35. The fraction of sp³-hybridized carbons (Fsp3) is 0.444. The van der Waals surface area contributed by atoms with Gasteiger partial charge in [0.05, 0.1) is 27.0 Å². The lowest BCUT2D eigenvalue weighted by molar-refractivity contribution is 0.241. The summed E-state index contributed by atoms with van der Waals surface area (Å²) in [5, 5.41) is 1.09. The molecule has 0 fully saturated rings. The third-order valence-electron chi connectivity index (χ3n) is 4.88. The average molecular weight is 392 g/mol. The van der Waals surface area contributed by atoms with E-state index in [-0.39, 0.29) is 5.56 Å². The van der Waals surface area contributed by atoms with Gasteiger partial charge in [-0.25, -0.2) is 4.98 Å². The van der Waals surface area contributed by atoms with Gasteiger partial charge in [0.2, 0.25) is 0 Å². The molecule has 0 saturated heterocycles. The van der Waals surface area contributed by atoms with Crippen LogP contribution in [0.15, 0.2) is 22.2 Å². The zero-order valence-corrected chi connectivity index (χ0v) is 15.8. The first-order valence-electron chi connectivity index (χ1n) is 8.78. The van der Waals surface area contributed by atoms with Crippen molar-refractivity contribution in [3.05, 3.63) is 55.4 Å². The number of nitrogens with one attached hydrogen (secondary N) is 1. The molecule has 0 radical (unpaired) electrons. The zero-order valence-electron chi connectivity index (χ0n) is 14.3. The summed E-state index contributed by atoms with van der Waals surface area (Å²) in [6.45, 7) is 2.72. The summed E-state index contributed by atoms with van der Waals surface area (Å²) in [7, 11) is 0. The minimum absolute atomic E-state index is 0.0742. The fourth-order valence-corrected chi connectivity index (χ4v) is 3.94. The summed E-state index contributed by atoms with van der Waals surface area (Å²) in [5.74, 6) is 0.641. The molecule has 0 spiro atoms. The van der Waals surface area contributed by atoms with Gasteiger partial charge >= 0.3 is 0 Å². The minimum Gasteiger partial charge on any atom is -0.305 e. The molecule has 26 heavy (non-hydrogen) atoms. The normalized spacial score (nSPS) is 17.7. The molecular formula is C18H19Cl2N5O. The number of hydrogen-bond donors (Lipinski definition) is 1. The van der Waals surface area contributed by atoms with Gasteiger partial charge < -0.3 is 4.98 Å². The van der Waals surface area contributed by atoms with E-state index < -0.39 is 0 Å². The van der Waals surface area contributed by atoms with Crippen LogP contribution in [0, 0.1) is 0 Å². The standard InChI is InChI=1S/C18H19Cl2N5O/c19-13-7-21-8-14(20)11(13)9-25-6-4-15-12(10-25)18(26)24-17(23-15)16-3-1-2-5-22-16/h7-8H,1-6,9-10H2,(H,23,24,26). The summed E-state index contributed by atoms with van der Waals surface area (Å²) in [6.07, 6.45) is 6.99. The second kappa shape index (κ2) is 7.47. The monoisotopic (exact) mass is 391 g/mol. The number of rotatable bonds is 3. The second-order valence-corrected chi connectivity index (χ2v) is 7.48. The van der Waals surface area contributed by atoms with Crippen molar-refractivity contribution in [1.82, 2.24) is 19.9 Å². The minimum atomic E-state index is -0.0742. The molecule has 0 amide bonds. The van der Waals surface area contributed by atoms with Crippen LogP contribution < -0.4 is 5.56 Å². The summed E-state index contributed by atoms with van der Waals surface area (Å²) in [6, 6.07) is 0. The van der Waals surface area contributed by atoms with E-state index in [9.17, 15) is 4.79 Å². The van der Waals surface area contributed by atoms with E-state index in [4.69, 9.17) is 28.2 Å². The van der Waals surface area contributed by atoms with Gasteiger partial charge in [0, 0.05) is 50.6 Å². The van der Waals surface area contributed by atoms with E-state index in [2.05, 4.69) is 19.9 Å². The first-order chi connectivity index (χ1) is 12.6. The summed E-state index contributed by atoms with van der Waals surface area (Å²) < 4.78 is 0. The van der Waals surface area contributed by atoms with Crippen LogP contribution in [0.3, 0.4) is 0 Å². The molecule has 0 bridgehead atoms. The van der Waals surface area contributed by atoms with Crippen LogP contribution >= 0.6 is 23.2 Å². The number of aromatic nitrogens is 3. The van der Waals surface area contributed by atoms with Gasteiger partial charge in [0.15, 0.2) is 5.82 Å². The molecule has 0 unspecified atom stereocenters. The van der Waals surface area contributed by atoms with Crippen molar-refractivity contribution in [2.45, 2.75) is 38.8 Å². The summed E-state index contributed by atoms with van der Waals surface area (Å²) in [4.78, 5) is 30.9. The number of hydrogen-bond acceptors (Lipinski definition) is 5. The number of aliphatic imine (C=N–C) groups is 1. The highest BCUT2D eigenvalue weighted by Gasteiger charge is 2.23. The lowest BCUT2D eigenvalue weighted by atomic mass is 10.0. The van der Waals surface area contributed by atoms with Crippen molar-refractivity contribution in [3.8, 4) is 0 Å². The number of halogens is 2. The van der Waals surface area contributed by atoms with Crippen molar-refractivity contribution >= 4 is 28.9 Å². The molecule has 1 N–H and O–H groups in total. The lowest BCUT2D eigenvalue weighted by Crippen LogP contribution is -2.36. The maximum absolute atomic E-state index is 12.6. The van der Waals surface area contributed by atoms with E-state index in [0.717, 1.165) is 61.3 Å². The van der Waals surface area contributed by atoms with Gasteiger partial charge in [0.1, 0.15) is 0 Å². The molecule has 4 rings (SSSR count). The average Bonchev–Trinajstić information content (AvgIpc) is 2.66. The van der Waals surface area contributed by atoms with Crippen LogP contribution in [0.1, 0.15) is 41.9 Å². The Hall–Kier alpha value is -1.76. The largest absolute Gasteiger partial charge is 0.305 e. The molecule has 2 aromatic heterocycles. The van der Waals surface area contributed by atoms with Crippen molar-refractivity contribution < 1.29 is 0 Å². The SMILES string of the molecule is O=c1[nH]c(C2=NCCCC2)nc2c1CN(Cc1c(Cl)cncc1Cl)CC2. The summed E-state index contributed by atoms with van der Waals surface area (Å²) >= 11 is 12.4. The van der Waals surface area contributed by atoms with Crippen LogP contribution in [-0.4, -0.2) is 38.7 Å². The van der Waals surface area contributed by atoms with Crippen molar-refractivity contribution in [2.75, 3.05) is 13.1 Å². The van der Waals surface area contributed by atoms with E-state index in [0.29, 0.717) is 29.0 Å². The summed E-state index contributed by atoms with van der Waals surface area (Å²) in [5.41, 5.74) is 3.28. The highest BCUT2D eigenvalue weighted by atomic mass is 35.5. The molecule has 2 aliphatic heterocycles. The first-order valence-corrected chi connectivity index (χ1v) is 9.53. The Morgan fingerprint density at radius 2 is 1.96 bits per heavy atom. The van der Waals surface area contributed by atoms with Crippen molar-refractivity contribution in [3.63, 3.8) is 0 Å². The molecular weight excluding hydrogens is 373 g/mol. The Morgan fingerprint density at radius 3 is 2.69 bits per heavy atom. The number of aromatic amines is 1. The fourth-order valence-electron chi connectivity index (χ4n) is 3.46. The molecule has 2 aromatic rings. The van der Waals surface area contributed by atoms with Gasteiger partial charge in [-0.15, -0.1) is 0 Å². The van der Waals surface area contributed by atoms with Crippen LogP contribution in [-0.2, 0) is 19.5 Å². The predicted octanol–water partition coefficient (Wildman–Crippen LogP) is 3.00. The molecule has 2 aliphatic rings. The molecule has 0 saturated carbocycles. The molecule has 8 heteroatoms. The maximum Gasteiger partial charge on any atom is 0.255 e. The molecule has 0 aromatic carbocycles. The Balaban J connectivity index is 1.58. The van der Waals surface area contributed by atoms with E-state index in [1.54, 1.807) is 12.4 Å². The van der Waals surface area contributed by atoms with Crippen molar-refractivity contribution in [2.24, 2.45) is 4.99 Å². The maximum atomic E-state index is 12.6. The van der Waals surface area contributed by atoms with Crippen molar-refractivity contribution in [1.29, 1.82) is 0 Å². The van der Waals surface area contributed by atoms with Crippen LogP contribution in [0.25, 0.3) is 0 Å². The van der Waals surface area contributed by atoms with Crippen LogP contribution in [0.5, 0.6) is 0 Å². The molecule has 0 aliphatic carbocycles. The smallest absolute Gasteiger partial charge is 0.255 e. The van der Waals surface area contributed by atoms with Gasteiger partial charge in [-0.3, -0.25) is 19.7 Å². The van der Waals surface area contributed by atoms with Crippen LogP contribution in [0.2, 0.25) is 10.0 Å². The van der Waals surface area contributed by atoms with E-state index in [1.165, 1.54) is 0 Å². The first kappa shape index (κ1) is 17.6. The van der Waals surface area contributed by atoms with Gasteiger partial charge in [-0.2, -0.15) is 0 Å².